The SMILES string of the molecule is [CH2].[CH2].c1csc([C]2CCCCCCC2)n1. The van der Waals surface area contributed by atoms with E-state index in [0.29, 0.717) is 0 Å². The van der Waals surface area contributed by atoms with Crippen molar-refractivity contribution >= 4 is 11.3 Å². The summed E-state index contributed by atoms with van der Waals surface area (Å²) in [7, 11) is 0. The predicted molar refractivity (Wildman–Crippen MR) is 67.5 cm³/mol. The first kappa shape index (κ1) is 14.6. The van der Waals surface area contributed by atoms with Gasteiger partial charge >= 0.3 is 0 Å². The molecule has 1 fully saturated rings. The van der Waals surface area contributed by atoms with E-state index in [9.17, 15) is 0 Å². The first-order valence-corrected chi connectivity index (χ1v) is 6.09. The molecule has 0 amide bonds. The Bertz CT molecular complexity index is 223. The fraction of sp³-hybridized carbons (Fsp3) is 0.538. The summed E-state index contributed by atoms with van der Waals surface area (Å²) in [5, 5.41) is 3.38. The fourth-order valence-corrected chi connectivity index (χ4v) is 2.69. The summed E-state index contributed by atoms with van der Waals surface area (Å²) in [6.07, 6.45) is 11.5. The minimum absolute atomic E-state index is 0. The molecule has 1 aliphatic carbocycles. The number of thiazole rings is 1. The van der Waals surface area contributed by atoms with Gasteiger partial charge in [0.05, 0.1) is 5.01 Å². The van der Waals surface area contributed by atoms with Gasteiger partial charge in [-0.05, 0) is 12.8 Å². The Morgan fingerprint density at radius 1 is 0.933 bits per heavy atom. The Kier molecular flexibility index (Phi) is 7.67. The lowest BCUT2D eigenvalue weighted by Gasteiger charge is -2.16. The molecular formula is C13H20NS. The molecule has 1 saturated carbocycles. The molecule has 1 aromatic rings. The largest absolute Gasteiger partial charge is 0.249 e. The van der Waals surface area contributed by atoms with Crippen LogP contribution in [0.4, 0.5) is 0 Å². The summed E-state index contributed by atoms with van der Waals surface area (Å²) in [4.78, 5) is 4.39. The zero-order valence-corrected chi connectivity index (χ0v) is 10.2. The molecule has 0 saturated heterocycles. The molecule has 15 heavy (non-hydrogen) atoms. The van der Waals surface area contributed by atoms with Crippen molar-refractivity contribution in [3.8, 4) is 0 Å². The summed E-state index contributed by atoms with van der Waals surface area (Å²) in [5.41, 5.74) is 0. The fourth-order valence-electron chi connectivity index (χ4n) is 1.94. The summed E-state index contributed by atoms with van der Waals surface area (Å²) >= 11 is 1.80. The molecule has 5 radical (unpaired) electrons. The monoisotopic (exact) mass is 222 g/mol. The van der Waals surface area contributed by atoms with Crippen LogP contribution >= 0.6 is 11.3 Å². The van der Waals surface area contributed by atoms with Crippen molar-refractivity contribution in [2.75, 3.05) is 0 Å². The third-order valence-electron chi connectivity index (χ3n) is 2.69. The van der Waals surface area contributed by atoms with E-state index in [0.717, 1.165) is 0 Å². The van der Waals surface area contributed by atoms with Crippen LogP contribution in [0.25, 0.3) is 0 Å². The smallest absolute Gasteiger partial charge is 0.0996 e. The molecule has 1 aliphatic rings. The zero-order chi connectivity index (χ0) is 8.93. The van der Waals surface area contributed by atoms with Crippen molar-refractivity contribution in [3.63, 3.8) is 0 Å². The van der Waals surface area contributed by atoms with Crippen molar-refractivity contribution in [1.82, 2.24) is 4.98 Å². The first-order valence-electron chi connectivity index (χ1n) is 5.21. The molecule has 83 valence electrons. The van der Waals surface area contributed by atoms with Crippen LogP contribution in [0.5, 0.6) is 0 Å². The molecule has 0 atom stereocenters. The highest BCUT2D eigenvalue weighted by Crippen LogP contribution is 2.30. The zero-order valence-electron chi connectivity index (χ0n) is 9.37. The van der Waals surface area contributed by atoms with Crippen LogP contribution in [-0.4, -0.2) is 4.98 Å². The highest BCUT2D eigenvalue weighted by Gasteiger charge is 2.15. The van der Waals surface area contributed by atoms with Gasteiger partial charge in [0.25, 0.3) is 0 Å². The maximum absolute atomic E-state index is 4.39. The van der Waals surface area contributed by atoms with Crippen LogP contribution in [0, 0.1) is 20.8 Å². The van der Waals surface area contributed by atoms with E-state index in [-0.39, 0.29) is 14.9 Å². The number of nitrogens with zero attached hydrogens (tertiary/aromatic N) is 1. The van der Waals surface area contributed by atoms with Gasteiger partial charge in [0.1, 0.15) is 0 Å². The Labute approximate surface area is 98.9 Å². The molecule has 2 heteroatoms. The van der Waals surface area contributed by atoms with Crippen LogP contribution in [0.15, 0.2) is 11.6 Å². The topological polar surface area (TPSA) is 12.9 Å². The lowest BCUT2D eigenvalue weighted by atomic mass is 9.92. The summed E-state index contributed by atoms with van der Waals surface area (Å²) < 4.78 is 0. The normalized spacial score (nSPS) is 18.1. The van der Waals surface area contributed by atoms with Crippen molar-refractivity contribution in [3.05, 3.63) is 37.4 Å². The minimum Gasteiger partial charge on any atom is -0.249 e. The molecule has 0 N–H and O–H groups in total. The van der Waals surface area contributed by atoms with Crippen molar-refractivity contribution in [2.45, 2.75) is 44.9 Å². The lowest BCUT2D eigenvalue weighted by Crippen LogP contribution is -2.02. The number of rotatable bonds is 1. The molecule has 0 aromatic carbocycles. The summed E-state index contributed by atoms with van der Waals surface area (Å²) in [5.74, 6) is 1.61. The van der Waals surface area contributed by atoms with Gasteiger partial charge in [0.15, 0.2) is 0 Å². The van der Waals surface area contributed by atoms with E-state index in [1.807, 2.05) is 6.20 Å². The van der Waals surface area contributed by atoms with Crippen molar-refractivity contribution in [2.24, 2.45) is 0 Å². The van der Waals surface area contributed by atoms with Crippen LogP contribution < -0.4 is 0 Å². The Balaban J connectivity index is 0.000000980. The third kappa shape index (κ3) is 4.33. The standard InChI is InChI=1S/C11H16NS.2CH2/c1-2-4-6-10(7-5-3-1)11-12-8-9-13-11;;/h8-9H,1-7H2;2*1H2. The second kappa shape index (κ2) is 7.86. The van der Waals surface area contributed by atoms with Crippen LogP contribution in [0.1, 0.15) is 50.0 Å². The van der Waals surface area contributed by atoms with Gasteiger partial charge in [-0.3, -0.25) is 0 Å². The van der Waals surface area contributed by atoms with Crippen molar-refractivity contribution < 1.29 is 0 Å². The molecule has 0 unspecified atom stereocenters. The van der Waals surface area contributed by atoms with E-state index < -0.39 is 0 Å². The maximum Gasteiger partial charge on any atom is 0.0996 e. The molecule has 1 nitrogen and oxygen atoms in total. The average Bonchev–Trinajstić information content (AvgIpc) is 2.55. The van der Waals surface area contributed by atoms with E-state index in [4.69, 9.17) is 0 Å². The van der Waals surface area contributed by atoms with Crippen LogP contribution in [-0.2, 0) is 0 Å². The molecule has 0 spiro atoms. The molecule has 1 aromatic heterocycles. The van der Waals surface area contributed by atoms with Gasteiger partial charge in [-0.1, -0.05) is 47.0 Å². The van der Waals surface area contributed by atoms with Gasteiger partial charge in [0.2, 0.25) is 0 Å². The maximum atomic E-state index is 4.39. The van der Waals surface area contributed by atoms with Crippen LogP contribution in [0.2, 0.25) is 0 Å². The number of hydrogen-bond donors (Lipinski definition) is 0. The predicted octanol–water partition coefficient (Wildman–Crippen LogP) is 4.46. The number of aromatic nitrogens is 1. The number of hydrogen-bond acceptors (Lipinski definition) is 2. The minimum atomic E-state index is 0. The van der Waals surface area contributed by atoms with Gasteiger partial charge in [-0.2, -0.15) is 0 Å². The first-order chi connectivity index (χ1) is 6.47. The van der Waals surface area contributed by atoms with E-state index in [2.05, 4.69) is 10.4 Å². The van der Waals surface area contributed by atoms with Gasteiger partial charge in [-0.15, -0.1) is 11.3 Å². The summed E-state index contributed by atoms with van der Waals surface area (Å²) in [6.45, 7) is 0. The van der Waals surface area contributed by atoms with E-state index in [1.165, 1.54) is 50.0 Å². The molecule has 0 bridgehead atoms. The second-order valence-electron chi connectivity index (χ2n) is 3.71. The van der Waals surface area contributed by atoms with E-state index in [1.54, 1.807) is 17.3 Å². The van der Waals surface area contributed by atoms with E-state index >= 15 is 0 Å². The van der Waals surface area contributed by atoms with Gasteiger partial charge < -0.3 is 0 Å². The quantitative estimate of drug-likeness (QED) is 0.683. The van der Waals surface area contributed by atoms with Crippen molar-refractivity contribution in [1.29, 1.82) is 0 Å². The Morgan fingerprint density at radius 2 is 1.53 bits per heavy atom. The lowest BCUT2D eigenvalue weighted by molar-refractivity contribution is 0.537. The highest BCUT2D eigenvalue weighted by atomic mass is 32.1. The molecule has 2 rings (SSSR count). The van der Waals surface area contributed by atoms with Gasteiger partial charge in [-0.25, -0.2) is 4.98 Å². The Hall–Kier alpha value is -0.370. The Morgan fingerprint density at radius 3 is 2.07 bits per heavy atom. The molecule has 0 aliphatic heterocycles. The van der Waals surface area contributed by atoms with Gasteiger partial charge in [0, 0.05) is 17.5 Å². The molecular weight excluding hydrogens is 202 g/mol. The van der Waals surface area contributed by atoms with Crippen LogP contribution in [0.3, 0.4) is 0 Å². The second-order valence-corrected chi connectivity index (χ2v) is 4.60. The highest BCUT2D eigenvalue weighted by molar-refractivity contribution is 7.09. The third-order valence-corrected chi connectivity index (χ3v) is 3.57. The molecule has 1 heterocycles. The average molecular weight is 222 g/mol. The summed E-state index contributed by atoms with van der Waals surface area (Å²) in [6, 6.07) is 0.